The highest BCUT2D eigenvalue weighted by Gasteiger charge is 2.34. The normalized spacial score (nSPS) is 25.1. The van der Waals surface area contributed by atoms with E-state index >= 15 is 0 Å². The molecule has 2 bridgehead atoms. The van der Waals surface area contributed by atoms with E-state index in [1.54, 1.807) is 0 Å². The average molecular weight is 310 g/mol. The van der Waals surface area contributed by atoms with E-state index in [4.69, 9.17) is 0 Å². The Morgan fingerprint density at radius 3 is 2.30 bits per heavy atom. The zero-order chi connectivity index (χ0) is 15.6. The first-order valence-corrected chi connectivity index (χ1v) is 9.47. The van der Waals surface area contributed by atoms with Gasteiger partial charge in [-0.15, -0.1) is 0 Å². The summed E-state index contributed by atoms with van der Waals surface area (Å²) >= 11 is 0. The van der Waals surface area contributed by atoms with E-state index in [9.17, 15) is 0 Å². The van der Waals surface area contributed by atoms with Crippen molar-refractivity contribution < 1.29 is 0 Å². The van der Waals surface area contributed by atoms with Crippen molar-refractivity contribution in [3.63, 3.8) is 0 Å². The van der Waals surface area contributed by atoms with Crippen LogP contribution in [-0.4, -0.2) is 49.1 Å². The molecule has 1 atom stereocenters. The molecule has 3 aliphatic carbocycles. The second-order valence-corrected chi connectivity index (χ2v) is 7.82. The lowest BCUT2D eigenvalue weighted by atomic mass is 9.70. The summed E-state index contributed by atoms with van der Waals surface area (Å²) < 4.78 is 0. The van der Waals surface area contributed by atoms with E-state index in [0.29, 0.717) is 6.04 Å². The molecule has 2 heteroatoms. The van der Waals surface area contributed by atoms with Crippen LogP contribution in [-0.2, 0) is 6.42 Å². The molecule has 0 radical (unpaired) electrons. The van der Waals surface area contributed by atoms with Crippen LogP contribution in [0.25, 0.3) is 0 Å². The second kappa shape index (κ2) is 6.78. The number of nitrogens with zero attached hydrogens (tertiary/aromatic N) is 2. The Morgan fingerprint density at radius 2 is 1.70 bits per heavy atom. The fraction of sp³-hybridized carbons (Fsp3) is 0.619. The van der Waals surface area contributed by atoms with Crippen LogP contribution in [0, 0.1) is 5.92 Å². The summed E-state index contributed by atoms with van der Waals surface area (Å²) in [5.41, 5.74) is 5.17. The molecule has 5 rings (SSSR count). The van der Waals surface area contributed by atoms with Gasteiger partial charge in [-0.25, -0.2) is 0 Å². The van der Waals surface area contributed by atoms with Gasteiger partial charge >= 0.3 is 0 Å². The van der Waals surface area contributed by atoms with Gasteiger partial charge in [0.05, 0.1) is 0 Å². The molecular formula is C21H30N2. The highest BCUT2D eigenvalue weighted by Crippen LogP contribution is 2.43. The molecule has 0 aromatic heterocycles. The van der Waals surface area contributed by atoms with E-state index < -0.39 is 0 Å². The predicted molar refractivity (Wildman–Crippen MR) is 96.6 cm³/mol. The van der Waals surface area contributed by atoms with E-state index in [1.165, 1.54) is 70.3 Å². The molecule has 124 valence electrons. The molecule has 1 aromatic rings. The monoisotopic (exact) mass is 310 g/mol. The van der Waals surface area contributed by atoms with Crippen molar-refractivity contribution in [1.82, 2.24) is 9.80 Å². The van der Waals surface area contributed by atoms with Gasteiger partial charge in [-0.2, -0.15) is 0 Å². The van der Waals surface area contributed by atoms with Crippen molar-refractivity contribution >= 4 is 0 Å². The number of piperazine rings is 1. The number of hydrogen-bond acceptors (Lipinski definition) is 2. The zero-order valence-corrected chi connectivity index (χ0v) is 14.5. The zero-order valence-electron chi connectivity index (χ0n) is 14.5. The molecule has 0 N–H and O–H groups in total. The van der Waals surface area contributed by atoms with Gasteiger partial charge in [-0.3, -0.25) is 4.90 Å². The number of likely N-dealkylation sites (N-methyl/N-ethyl adjacent to an activating group) is 1. The van der Waals surface area contributed by atoms with Gasteiger partial charge in [0.15, 0.2) is 0 Å². The minimum atomic E-state index is 0.657. The third-order valence-electron chi connectivity index (χ3n) is 6.32. The highest BCUT2D eigenvalue weighted by molar-refractivity contribution is 5.29. The van der Waals surface area contributed by atoms with Crippen molar-refractivity contribution in [3.05, 3.63) is 47.0 Å². The van der Waals surface area contributed by atoms with Gasteiger partial charge in [-0.1, -0.05) is 41.5 Å². The first kappa shape index (κ1) is 15.4. The number of benzene rings is 1. The Bertz CT molecular complexity index is 544. The molecule has 4 aliphatic rings. The van der Waals surface area contributed by atoms with Crippen LogP contribution in [0.15, 0.2) is 41.5 Å². The molecule has 1 aliphatic heterocycles. The Morgan fingerprint density at radius 1 is 1.00 bits per heavy atom. The minimum absolute atomic E-state index is 0.657. The van der Waals surface area contributed by atoms with Gasteiger partial charge in [-0.05, 0) is 57.1 Å². The average Bonchev–Trinajstić information content (AvgIpc) is 2.62. The van der Waals surface area contributed by atoms with Gasteiger partial charge in [0.25, 0.3) is 0 Å². The molecular weight excluding hydrogens is 280 g/mol. The highest BCUT2D eigenvalue weighted by atomic mass is 15.3. The molecule has 1 saturated carbocycles. The van der Waals surface area contributed by atoms with Gasteiger partial charge in [0.1, 0.15) is 0 Å². The van der Waals surface area contributed by atoms with Crippen molar-refractivity contribution in [2.75, 3.05) is 33.2 Å². The van der Waals surface area contributed by atoms with Gasteiger partial charge < -0.3 is 4.90 Å². The quantitative estimate of drug-likeness (QED) is 0.782. The van der Waals surface area contributed by atoms with Crippen molar-refractivity contribution in [3.8, 4) is 0 Å². The number of fused-ring (bicyclic) bond motifs is 3. The van der Waals surface area contributed by atoms with Crippen molar-refractivity contribution in [2.24, 2.45) is 5.92 Å². The first-order valence-electron chi connectivity index (χ1n) is 9.47. The number of allylic oxidation sites excluding steroid dienone is 1. The van der Waals surface area contributed by atoms with Gasteiger partial charge in [0.2, 0.25) is 0 Å². The van der Waals surface area contributed by atoms with Crippen LogP contribution in [0.1, 0.15) is 37.7 Å². The number of hydrogen-bond donors (Lipinski definition) is 0. The molecule has 2 nitrogen and oxygen atoms in total. The summed E-state index contributed by atoms with van der Waals surface area (Å²) in [6.45, 7) is 4.90. The third kappa shape index (κ3) is 3.39. The summed E-state index contributed by atoms with van der Waals surface area (Å²) in [5, 5.41) is 0. The third-order valence-corrected chi connectivity index (χ3v) is 6.32. The summed E-state index contributed by atoms with van der Waals surface area (Å²) in [4.78, 5) is 5.26. The van der Waals surface area contributed by atoms with E-state index in [1.807, 2.05) is 11.1 Å². The molecule has 23 heavy (non-hydrogen) atoms. The molecule has 0 amide bonds. The van der Waals surface area contributed by atoms with E-state index in [-0.39, 0.29) is 0 Å². The molecule has 2 fully saturated rings. The molecule has 1 aromatic carbocycles. The van der Waals surface area contributed by atoms with Crippen LogP contribution in [0.4, 0.5) is 0 Å². The van der Waals surface area contributed by atoms with Crippen LogP contribution in [0.2, 0.25) is 0 Å². The molecule has 1 unspecified atom stereocenters. The maximum Gasteiger partial charge on any atom is 0.0351 e. The Kier molecular flexibility index (Phi) is 4.54. The fourth-order valence-electron chi connectivity index (χ4n) is 4.82. The summed E-state index contributed by atoms with van der Waals surface area (Å²) in [7, 11) is 2.26. The molecule has 1 heterocycles. The van der Waals surface area contributed by atoms with Crippen LogP contribution in [0.5, 0.6) is 0 Å². The SMILES string of the molecule is CN1CCN(C(Cc2ccccc2)C2=C3CCC(CC3)C2)CC1. The number of rotatable bonds is 4. The largest absolute Gasteiger partial charge is 0.304 e. The Balaban J connectivity index is 1.59. The molecule has 1 saturated heterocycles. The van der Waals surface area contributed by atoms with Crippen molar-refractivity contribution in [1.29, 1.82) is 0 Å². The predicted octanol–water partition coefficient (Wildman–Crippen LogP) is 3.74. The Labute approximate surface area is 141 Å². The van der Waals surface area contributed by atoms with Crippen molar-refractivity contribution in [2.45, 2.75) is 44.6 Å². The summed E-state index contributed by atoms with van der Waals surface area (Å²) in [6, 6.07) is 11.8. The van der Waals surface area contributed by atoms with Gasteiger partial charge in [0, 0.05) is 32.2 Å². The van der Waals surface area contributed by atoms with Crippen LogP contribution < -0.4 is 0 Å². The lowest BCUT2D eigenvalue weighted by Gasteiger charge is -2.44. The van der Waals surface area contributed by atoms with Crippen LogP contribution >= 0.6 is 0 Å². The maximum absolute atomic E-state index is 2.79. The topological polar surface area (TPSA) is 6.48 Å². The fourth-order valence-corrected chi connectivity index (χ4v) is 4.82. The summed E-state index contributed by atoms with van der Waals surface area (Å²) in [5.74, 6) is 0.980. The van der Waals surface area contributed by atoms with Crippen LogP contribution in [0.3, 0.4) is 0 Å². The minimum Gasteiger partial charge on any atom is -0.304 e. The molecule has 0 spiro atoms. The lowest BCUT2D eigenvalue weighted by molar-refractivity contribution is 0.119. The standard InChI is InChI=1S/C21H30N2/c1-22-11-13-23(14-12-22)21(16-17-5-3-2-4-6-17)20-15-18-7-9-19(20)10-8-18/h2-6,18,21H,7-16H2,1H3. The lowest BCUT2D eigenvalue weighted by Crippen LogP contribution is -2.51. The van der Waals surface area contributed by atoms with E-state index in [0.717, 1.165) is 5.92 Å². The second-order valence-electron chi connectivity index (χ2n) is 7.82. The first-order chi connectivity index (χ1) is 11.3. The summed E-state index contributed by atoms with van der Waals surface area (Å²) in [6.07, 6.45) is 8.28. The van der Waals surface area contributed by atoms with E-state index in [2.05, 4.69) is 47.2 Å². The Hall–Kier alpha value is -1.12. The smallest absolute Gasteiger partial charge is 0.0351 e. The maximum atomic E-state index is 2.79.